The predicted octanol–water partition coefficient (Wildman–Crippen LogP) is 0.496. The first-order valence-corrected chi connectivity index (χ1v) is 3.69. The Morgan fingerprint density at radius 1 is 1.44 bits per heavy atom. The molecule has 2 nitrogen and oxygen atoms in total. The van der Waals surface area contributed by atoms with Crippen LogP contribution in [-0.4, -0.2) is 17.8 Å². The van der Waals surface area contributed by atoms with Crippen molar-refractivity contribution in [3.05, 3.63) is 0 Å². The summed E-state index contributed by atoms with van der Waals surface area (Å²) in [5.74, 6) is 0.494. The van der Waals surface area contributed by atoms with E-state index in [4.69, 9.17) is 10.8 Å². The molecule has 1 aliphatic rings. The Morgan fingerprint density at radius 2 is 2.22 bits per heavy atom. The lowest BCUT2D eigenvalue weighted by Gasteiger charge is -2.24. The predicted molar refractivity (Wildman–Crippen MR) is 37.0 cm³/mol. The third-order valence-electron chi connectivity index (χ3n) is 2.08. The Kier molecular flexibility index (Phi) is 2.49. The maximum Gasteiger partial charge on any atom is 0.0459 e. The first-order valence-electron chi connectivity index (χ1n) is 3.69. The van der Waals surface area contributed by atoms with E-state index < -0.39 is 0 Å². The molecule has 54 valence electrons. The summed E-state index contributed by atoms with van der Waals surface area (Å²) in [5.41, 5.74) is 5.69. The number of hydrogen-bond donors (Lipinski definition) is 2. The summed E-state index contributed by atoms with van der Waals surface area (Å²) in [6.07, 6.45) is 4.55. The van der Waals surface area contributed by atoms with Gasteiger partial charge in [-0.2, -0.15) is 0 Å². The Bertz CT molecular complexity index is 85.0. The van der Waals surface area contributed by atoms with Crippen molar-refractivity contribution < 1.29 is 5.11 Å². The first kappa shape index (κ1) is 7.03. The van der Waals surface area contributed by atoms with Crippen LogP contribution in [0.5, 0.6) is 0 Å². The highest BCUT2D eigenvalue weighted by Crippen LogP contribution is 2.21. The van der Waals surface area contributed by atoms with E-state index in [2.05, 4.69) is 0 Å². The van der Waals surface area contributed by atoms with Crippen LogP contribution < -0.4 is 5.73 Å². The van der Waals surface area contributed by atoms with Crippen LogP contribution in [0.1, 0.15) is 25.7 Å². The van der Waals surface area contributed by atoms with Crippen LogP contribution in [0.3, 0.4) is 0 Å². The van der Waals surface area contributed by atoms with Gasteiger partial charge in [-0.25, -0.2) is 0 Å². The molecule has 0 saturated heterocycles. The van der Waals surface area contributed by atoms with Crippen LogP contribution in [-0.2, 0) is 0 Å². The van der Waals surface area contributed by atoms with Crippen molar-refractivity contribution in [2.75, 3.05) is 6.61 Å². The normalized spacial score (nSPS) is 36.7. The molecule has 0 aromatic rings. The monoisotopic (exact) mass is 129 g/mol. The zero-order chi connectivity index (χ0) is 6.69. The van der Waals surface area contributed by atoms with Gasteiger partial charge in [0.1, 0.15) is 0 Å². The second-order valence-electron chi connectivity index (χ2n) is 2.98. The van der Waals surface area contributed by atoms with Gasteiger partial charge >= 0.3 is 0 Å². The second kappa shape index (κ2) is 3.18. The smallest absolute Gasteiger partial charge is 0.0459 e. The van der Waals surface area contributed by atoms with Gasteiger partial charge in [0.15, 0.2) is 0 Å². The van der Waals surface area contributed by atoms with Gasteiger partial charge in [0.05, 0.1) is 0 Å². The quantitative estimate of drug-likeness (QED) is 0.541. The molecule has 3 N–H and O–H groups in total. The number of nitrogens with two attached hydrogens (primary N) is 1. The Hall–Kier alpha value is -0.0800. The highest BCUT2D eigenvalue weighted by atomic mass is 16.3. The Balaban J connectivity index is 2.23. The minimum absolute atomic E-state index is 0.327. The van der Waals surface area contributed by atoms with Gasteiger partial charge in [0, 0.05) is 12.6 Å². The number of aliphatic hydroxyl groups is 1. The van der Waals surface area contributed by atoms with Crippen molar-refractivity contribution in [2.45, 2.75) is 31.7 Å². The number of aliphatic hydroxyl groups excluding tert-OH is 1. The zero-order valence-corrected chi connectivity index (χ0v) is 5.71. The van der Waals surface area contributed by atoms with Crippen LogP contribution in [0.15, 0.2) is 0 Å². The number of hydrogen-bond acceptors (Lipinski definition) is 2. The molecule has 1 fully saturated rings. The summed E-state index contributed by atoms with van der Waals surface area (Å²) in [5, 5.41) is 8.75. The van der Waals surface area contributed by atoms with Crippen molar-refractivity contribution in [3.63, 3.8) is 0 Å². The molecule has 0 aromatic heterocycles. The zero-order valence-electron chi connectivity index (χ0n) is 5.71. The molecule has 0 aliphatic heterocycles. The van der Waals surface area contributed by atoms with E-state index in [1.807, 2.05) is 0 Å². The second-order valence-corrected chi connectivity index (χ2v) is 2.98. The van der Waals surface area contributed by atoms with Crippen molar-refractivity contribution in [1.29, 1.82) is 0 Å². The highest BCUT2D eigenvalue weighted by molar-refractivity contribution is 4.73. The van der Waals surface area contributed by atoms with Crippen molar-refractivity contribution >= 4 is 0 Å². The van der Waals surface area contributed by atoms with E-state index in [1.165, 1.54) is 12.8 Å². The fourth-order valence-corrected chi connectivity index (χ4v) is 1.50. The summed E-state index contributed by atoms with van der Waals surface area (Å²) in [4.78, 5) is 0. The standard InChI is InChI=1S/C7H15NO/c8-7-3-1-2-6(4-7)5-9/h6-7,9H,1-5,8H2/t6-,7+/m0/s1. The molecule has 0 heterocycles. The lowest BCUT2D eigenvalue weighted by atomic mass is 9.87. The van der Waals surface area contributed by atoms with E-state index in [-0.39, 0.29) is 0 Å². The molecule has 0 aromatic carbocycles. The van der Waals surface area contributed by atoms with Gasteiger partial charge in [0.25, 0.3) is 0 Å². The lowest BCUT2D eigenvalue weighted by molar-refractivity contribution is 0.180. The molecule has 0 unspecified atom stereocenters. The van der Waals surface area contributed by atoms with Gasteiger partial charge in [-0.3, -0.25) is 0 Å². The Labute approximate surface area is 56.1 Å². The average molecular weight is 129 g/mol. The SMILES string of the molecule is N[C@@H]1CCC[C@H](CO)C1. The molecule has 1 aliphatic carbocycles. The molecule has 2 atom stereocenters. The minimum atomic E-state index is 0.327. The van der Waals surface area contributed by atoms with Gasteiger partial charge in [0.2, 0.25) is 0 Å². The van der Waals surface area contributed by atoms with E-state index in [1.54, 1.807) is 0 Å². The molecular weight excluding hydrogens is 114 g/mol. The summed E-state index contributed by atoms with van der Waals surface area (Å²) in [7, 11) is 0. The van der Waals surface area contributed by atoms with Gasteiger partial charge < -0.3 is 10.8 Å². The minimum Gasteiger partial charge on any atom is -0.396 e. The molecule has 0 radical (unpaired) electrons. The van der Waals surface area contributed by atoms with Crippen LogP contribution in [0.2, 0.25) is 0 Å². The molecule has 1 rings (SSSR count). The molecule has 9 heavy (non-hydrogen) atoms. The lowest BCUT2D eigenvalue weighted by Crippen LogP contribution is -2.29. The van der Waals surface area contributed by atoms with Gasteiger partial charge in [-0.05, 0) is 25.2 Å². The summed E-state index contributed by atoms with van der Waals surface area (Å²) >= 11 is 0. The molecule has 0 bridgehead atoms. The Morgan fingerprint density at radius 3 is 2.67 bits per heavy atom. The van der Waals surface area contributed by atoms with Crippen LogP contribution in [0.4, 0.5) is 0 Å². The molecule has 2 heteroatoms. The van der Waals surface area contributed by atoms with Crippen molar-refractivity contribution in [1.82, 2.24) is 0 Å². The fraction of sp³-hybridized carbons (Fsp3) is 1.00. The van der Waals surface area contributed by atoms with Crippen LogP contribution in [0.25, 0.3) is 0 Å². The maximum absolute atomic E-state index is 8.75. The van der Waals surface area contributed by atoms with Gasteiger partial charge in [-0.15, -0.1) is 0 Å². The third kappa shape index (κ3) is 1.95. The first-order chi connectivity index (χ1) is 4.33. The maximum atomic E-state index is 8.75. The third-order valence-corrected chi connectivity index (χ3v) is 2.08. The topological polar surface area (TPSA) is 46.2 Å². The molecule has 1 saturated carbocycles. The summed E-state index contributed by atoms with van der Waals surface area (Å²) in [6, 6.07) is 0.357. The summed E-state index contributed by atoms with van der Waals surface area (Å²) in [6.45, 7) is 0.327. The van der Waals surface area contributed by atoms with E-state index in [0.717, 1.165) is 12.8 Å². The van der Waals surface area contributed by atoms with Gasteiger partial charge in [-0.1, -0.05) is 6.42 Å². The van der Waals surface area contributed by atoms with E-state index in [0.29, 0.717) is 18.6 Å². The largest absolute Gasteiger partial charge is 0.396 e. The molecule has 0 amide bonds. The van der Waals surface area contributed by atoms with Crippen molar-refractivity contribution in [3.8, 4) is 0 Å². The van der Waals surface area contributed by atoms with E-state index in [9.17, 15) is 0 Å². The van der Waals surface area contributed by atoms with Crippen molar-refractivity contribution in [2.24, 2.45) is 11.7 Å². The summed E-state index contributed by atoms with van der Waals surface area (Å²) < 4.78 is 0. The molecule has 0 spiro atoms. The highest BCUT2D eigenvalue weighted by Gasteiger charge is 2.17. The van der Waals surface area contributed by atoms with Crippen LogP contribution in [0, 0.1) is 5.92 Å². The average Bonchev–Trinajstić information content (AvgIpc) is 1.88. The molecular formula is C7H15NO. The fourth-order valence-electron chi connectivity index (χ4n) is 1.50. The van der Waals surface area contributed by atoms with E-state index >= 15 is 0 Å². The number of rotatable bonds is 1. The van der Waals surface area contributed by atoms with Crippen LogP contribution >= 0.6 is 0 Å².